The lowest BCUT2D eigenvalue weighted by Crippen LogP contribution is -2.48. The third-order valence-corrected chi connectivity index (χ3v) is 1.84. The predicted octanol–water partition coefficient (Wildman–Crippen LogP) is -2.12. The van der Waals surface area contributed by atoms with E-state index >= 15 is 0 Å². The van der Waals surface area contributed by atoms with Gasteiger partial charge in [0.2, 0.25) is 0 Å². The first kappa shape index (κ1) is 12.7. The zero-order chi connectivity index (χ0) is 10.3. The molecule has 0 aliphatic heterocycles. The van der Waals surface area contributed by atoms with Crippen LogP contribution in [0.2, 0.25) is 0 Å². The molecule has 13 heavy (non-hydrogen) atoms. The minimum absolute atomic E-state index is 0.0332. The van der Waals surface area contributed by atoms with Crippen molar-refractivity contribution in [1.29, 1.82) is 5.41 Å². The van der Waals surface area contributed by atoms with Crippen molar-refractivity contribution in [3.8, 4) is 0 Å². The van der Waals surface area contributed by atoms with Crippen molar-refractivity contribution in [2.24, 2.45) is 11.5 Å². The summed E-state index contributed by atoms with van der Waals surface area (Å²) in [5.41, 5.74) is 10.9. The van der Waals surface area contributed by atoms with Gasteiger partial charge in [-0.15, -0.1) is 0 Å². The van der Waals surface area contributed by atoms with Crippen LogP contribution in [0.4, 0.5) is 0 Å². The first-order valence-electron chi connectivity index (χ1n) is 4.02. The van der Waals surface area contributed by atoms with Crippen molar-refractivity contribution >= 4 is 14.8 Å². The summed E-state index contributed by atoms with van der Waals surface area (Å²) >= 11 is 0. The number of hydrogen-bond donors (Lipinski definition) is 5. The van der Waals surface area contributed by atoms with Crippen molar-refractivity contribution in [2.45, 2.75) is 6.29 Å². The number of nitrogens with one attached hydrogen (secondary N) is 2. The zero-order valence-electron chi connectivity index (χ0n) is 7.53. The molecule has 1 unspecified atom stereocenters. The predicted molar refractivity (Wildman–Crippen MR) is 56.3 cm³/mol. The maximum absolute atomic E-state index is 8.68. The summed E-state index contributed by atoms with van der Waals surface area (Å²) in [6.07, 6.45) is -0.533. The van der Waals surface area contributed by atoms with Gasteiger partial charge < -0.3 is 21.5 Å². The number of hydrogen-bond acceptors (Lipinski definition) is 5. The normalized spacial score (nSPS) is 10.5. The van der Waals surface area contributed by atoms with E-state index < -0.39 is 6.29 Å². The lowest BCUT2D eigenvalue weighted by Gasteiger charge is -2.22. The number of aliphatic hydroxyl groups is 1. The summed E-state index contributed by atoms with van der Waals surface area (Å²) in [7, 11) is 2.27. The second kappa shape index (κ2) is 7.17. The summed E-state index contributed by atoms with van der Waals surface area (Å²) in [5, 5.41) is 18.8. The Morgan fingerprint density at radius 1 is 1.54 bits per heavy atom. The van der Waals surface area contributed by atoms with Gasteiger partial charge in [0, 0.05) is 19.6 Å². The van der Waals surface area contributed by atoms with E-state index in [0.29, 0.717) is 25.2 Å². The molecule has 0 aromatic heterocycles. The average molecular weight is 207 g/mol. The molecule has 0 aliphatic carbocycles. The molecule has 0 spiro atoms. The summed E-state index contributed by atoms with van der Waals surface area (Å²) in [5.74, 6) is 0. The van der Waals surface area contributed by atoms with E-state index in [4.69, 9.17) is 22.0 Å². The van der Waals surface area contributed by atoms with E-state index in [9.17, 15) is 0 Å². The molecule has 0 amide bonds. The molecule has 0 saturated heterocycles. The highest BCUT2D eigenvalue weighted by Gasteiger charge is 2.04. The average Bonchev–Trinajstić information content (AvgIpc) is 2.02. The molecule has 7 N–H and O–H groups in total. The molecule has 0 radical (unpaired) electrons. The van der Waals surface area contributed by atoms with Crippen LogP contribution in [-0.4, -0.2) is 48.1 Å². The van der Waals surface area contributed by atoms with Gasteiger partial charge in [-0.1, -0.05) is 9.24 Å². The largest absolute Gasteiger partial charge is 0.395 e. The van der Waals surface area contributed by atoms with Gasteiger partial charge in [0.25, 0.3) is 0 Å². The van der Waals surface area contributed by atoms with E-state index in [1.165, 1.54) is 0 Å². The lowest BCUT2D eigenvalue weighted by molar-refractivity contribution is 0.249. The fourth-order valence-corrected chi connectivity index (χ4v) is 1.10. The van der Waals surface area contributed by atoms with Crippen LogP contribution in [0.5, 0.6) is 0 Å². The minimum atomic E-state index is -0.533. The number of nitrogens with two attached hydrogens (primary N) is 2. The Labute approximate surface area is 80.4 Å². The SMILES string of the molecule is N=C(P)N(CCO)CCNC(N)N. The van der Waals surface area contributed by atoms with Crippen molar-refractivity contribution in [3.63, 3.8) is 0 Å². The maximum Gasteiger partial charge on any atom is 0.113 e. The van der Waals surface area contributed by atoms with Gasteiger partial charge in [0.15, 0.2) is 0 Å². The van der Waals surface area contributed by atoms with Gasteiger partial charge in [-0.25, -0.2) is 0 Å². The Morgan fingerprint density at radius 2 is 2.15 bits per heavy atom. The number of nitrogens with zero attached hydrogens (tertiary/aromatic N) is 1. The Balaban J connectivity index is 3.63. The van der Waals surface area contributed by atoms with Crippen LogP contribution in [0.25, 0.3) is 0 Å². The molecule has 6 nitrogen and oxygen atoms in total. The highest BCUT2D eigenvalue weighted by Crippen LogP contribution is 1.95. The molecule has 0 aliphatic rings. The fraction of sp³-hybridized carbons (Fsp3) is 0.833. The molecule has 0 aromatic carbocycles. The Morgan fingerprint density at radius 3 is 2.54 bits per heavy atom. The number of aliphatic hydroxyl groups excluding tert-OH is 1. The van der Waals surface area contributed by atoms with Crippen LogP contribution < -0.4 is 16.8 Å². The molecule has 7 heteroatoms. The van der Waals surface area contributed by atoms with E-state index in [1.54, 1.807) is 4.90 Å². The van der Waals surface area contributed by atoms with Gasteiger partial charge in [0.1, 0.15) is 11.9 Å². The Hall–Kier alpha value is -0.260. The highest BCUT2D eigenvalue weighted by atomic mass is 31.0. The zero-order valence-corrected chi connectivity index (χ0v) is 8.69. The second-order valence-electron chi connectivity index (χ2n) is 2.58. The molecule has 78 valence electrons. The Bertz CT molecular complexity index is 154. The molecular weight excluding hydrogens is 189 g/mol. The van der Waals surface area contributed by atoms with Crippen molar-refractivity contribution < 1.29 is 5.11 Å². The van der Waals surface area contributed by atoms with Crippen LogP contribution in [-0.2, 0) is 0 Å². The fourth-order valence-electron chi connectivity index (χ4n) is 0.840. The van der Waals surface area contributed by atoms with Crippen LogP contribution in [0.15, 0.2) is 0 Å². The van der Waals surface area contributed by atoms with Crippen molar-refractivity contribution in [1.82, 2.24) is 10.2 Å². The molecule has 0 saturated carbocycles. The van der Waals surface area contributed by atoms with E-state index in [2.05, 4.69) is 14.6 Å². The minimum Gasteiger partial charge on any atom is -0.395 e. The molecule has 1 atom stereocenters. The van der Waals surface area contributed by atoms with Crippen LogP contribution >= 0.6 is 9.24 Å². The van der Waals surface area contributed by atoms with Crippen LogP contribution in [0.3, 0.4) is 0 Å². The summed E-state index contributed by atoms with van der Waals surface area (Å²) in [6, 6.07) is 0. The van der Waals surface area contributed by atoms with Crippen molar-refractivity contribution in [3.05, 3.63) is 0 Å². The van der Waals surface area contributed by atoms with Crippen LogP contribution in [0, 0.1) is 5.41 Å². The summed E-state index contributed by atoms with van der Waals surface area (Å²) in [4.78, 5) is 1.71. The Kier molecular flexibility index (Phi) is 7.03. The van der Waals surface area contributed by atoms with E-state index in [1.807, 2.05) is 0 Å². The smallest absolute Gasteiger partial charge is 0.113 e. The molecule has 0 fully saturated rings. The van der Waals surface area contributed by atoms with Gasteiger partial charge in [-0.2, -0.15) is 0 Å². The molecular formula is C6H18N5OP. The second-order valence-corrected chi connectivity index (χ2v) is 3.12. The lowest BCUT2D eigenvalue weighted by atomic mass is 10.5. The third kappa shape index (κ3) is 6.86. The molecule has 0 bridgehead atoms. The maximum atomic E-state index is 8.68. The van der Waals surface area contributed by atoms with Gasteiger partial charge in [-0.05, 0) is 0 Å². The summed E-state index contributed by atoms with van der Waals surface area (Å²) < 4.78 is 0. The molecule has 0 heterocycles. The van der Waals surface area contributed by atoms with E-state index in [0.717, 1.165) is 0 Å². The third-order valence-electron chi connectivity index (χ3n) is 1.47. The van der Waals surface area contributed by atoms with Gasteiger partial charge in [0.05, 0.1) is 6.61 Å². The first-order chi connectivity index (χ1) is 6.07. The van der Waals surface area contributed by atoms with Gasteiger partial charge in [-0.3, -0.25) is 10.7 Å². The van der Waals surface area contributed by atoms with E-state index in [-0.39, 0.29) is 6.61 Å². The van der Waals surface area contributed by atoms with Crippen LogP contribution in [0.1, 0.15) is 0 Å². The highest BCUT2D eigenvalue weighted by molar-refractivity contribution is 7.40. The molecule has 0 rings (SSSR count). The van der Waals surface area contributed by atoms with Crippen molar-refractivity contribution in [2.75, 3.05) is 26.2 Å². The number of amidine groups is 1. The molecule has 0 aromatic rings. The topological polar surface area (TPSA) is 111 Å². The number of rotatable bonds is 6. The summed E-state index contributed by atoms with van der Waals surface area (Å²) in [6.45, 7) is 1.68. The standard InChI is InChI=1S/C6H18N5OP/c7-5(8)10-1-2-11(3-4-12)6(9)13/h5,9-10,12H,1-4,7-8,13H2. The van der Waals surface area contributed by atoms with Gasteiger partial charge >= 0.3 is 0 Å². The first-order valence-corrected chi connectivity index (χ1v) is 4.60. The quantitative estimate of drug-likeness (QED) is 0.148. The monoisotopic (exact) mass is 207 g/mol.